The van der Waals surface area contributed by atoms with Crippen molar-refractivity contribution in [1.82, 2.24) is 9.80 Å². The van der Waals surface area contributed by atoms with E-state index in [1.807, 2.05) is 0 Å². The Kier molecular flexibility index (Phi) is 6.59. The molecule has 1 aliphatic heterocycles. The lowest BCUT2D eigenvalue weighted by Crippen LogP contribution is -2.49. The molecule has 1 rings (SSSR count). The number of ether oxygens (including phenoxy) is 1. The number of aliphatic hydroxyl groups is 1. The fourth-order valence-corrected chi connectivity index (χ4v) is 1.95. The van der Waals surface area contributed by atoms with Crippen LogP contribution in [0.15, 0.2) is 0 Å². The van der Waals surface area contributed by atoms with Crippen LogP contribution in [-0.2, 0) is 4.74 Å². The summed E-state index contributed by atoms with van der Waals surface area (Å²) in [6.45, 7) is 8.73. The SMILES string of the molecule is CC(S)N1CCN(CCOCCO)CC1. The zero-order valence-corrected chi connectivity index (χ0v) is 10.3. The Morgan fingerprint density at radius 3 is 2.47 bits per heavy atom. The molecule has 1 saturated heterocycles. The Bertz CT molecular complexity index is 162. The molecule has 5 heteroatoms. The van der Waals surface area contributed by atoms with Crippen LogP contribution in [0.25, 0.3) is 0 Å². The zero-order chi connectivity index (χ0) is 11.1. The van der Waals surface area contributed by atoms with E-state index in [0.717, 1.165) is 39.3 Å². The minimum atomic E-state index is 0.116. The predicted molar refractivity (Wildman–Crippen MR) is 64.4 cm³/mol. The van der Waals surface area contributed by atoms with Gasteiger partial charge in [0.15, 0.2) is 0 Å². The molecule has 0 amide bonds. The largest absolute Gasteiger partial charge is 0.394 e. The smallest absolute Gasteiger partial charge is 0.0698 e. The van der Waals surface area contributed by atoms with E-state index in [1.165, 1.54) is 0 Å². The van der Waals surface area contributed by atoms with Crippen LogP contribution in [0.2, 0.25) is 0 Å². The molecule has 90 valence electrons. The molecule has 0 saturated carbocycles. The first-order valence-corrected chi connectivity index (χ1v) is 6.08. The van der Waals surface area contributed by atoms with E-state index in [2.05, 4.69) is 29.4 Å². The molecule has 0 radical (unpaired) electrons. The summed E-state index contributed by atoms with van der Waals surface area (Å²) in [7, 11) is 0. The third-order valence-corrected chi connectivity index (χ3v) is 3.05. The van der Waals surface area contributed by atoms with Crippen molar-refractivity contribution < 1.29 is 9.84 Å². The van der Waals surface area contributed by atoms with Crippen LogP contribution in [0, 0.1) is 0 Å². The number of hydrogen-bond donors (Lipinski definition) is 2. The molecule has 1 aliphatic rings. The molecular weight excluding hydrogens is 212 g/mol. The van der Waals surface area contributed by atoms with Gasteiger partial charge in [0.25, 0.3) is 0 Å². The average Bonchev–Trinajstić information content (AvgIpc) is 2.25. The number of rotatable bonds is 6. The third kappa shape index (κ3) is 5.17. The molecule has 0 aromatic carbocycles. The molecule has 0 aromatic heterocycles. The summed E-state index contributed by atoms with van der Waals surface area (Å²) in [5.41, 5.74) is 0. The second-order valence-corrected chi connectivity index (χ2v) is 4.59. The standard InChI is InChI=1S/C10H22N2O2S/c1-10(15)12-4-2-11(3-5-12)6-8-14-9-7-13/h10,13,15H,2-9H2,1H3. The summed E-state index contributed by atoms with van der Waals surface area (Å²) in [4.78, 5) is 4.76. The van der Waals surface area contributed by atoms with Crippen molar-refractivity contribution >= 4 is 12.6 Å². The van der Waals surface area contributed by atoms with Crippen LogP contribution in [0.1, 0.15) is 6.92 Å². The first-order valence-electron chi connectivity index (χ1n) is 5.57. The van der Waals surface area contributed by atoms with Crippen LogP contribution in [0.5, 0.6) is 0 Å². The first-order chi connectivity index (χ1) is 7.24. The number of thiol groups is 1. The Morgan fingerprint density at radius 2 is 1.93 bits per heavy atom. The molecule has 1 heterocycles. The summed E-state index contributed by atoms with van der Waals surface area (Å²) in [6.07, 6.45) is 0. The van der Waals surface area contributed by atoms with Gasteiger partial charge in [0, 0.05) is 38.1 Å². The van der Waals surface area contributed by atoms with Crippen molar-refractivity contribution in [3.63, 3.8) is 0 Å². The van der Waals surface area contributed by atoms with E-state index in [1.54, 1.807) is 0 Å². The van der Waals surface area contributed by atoms with Gasteiger partial charge in [0.05, 0.1) is 19.8 Å². The maximum Gasteiger partial charge on any atom is 0.0698 e. The van der Waals surface area contributed by atoms with Crippen molar-refractivity contribution in [2.24, 2.45) is 0 Å². The van der Waals surface area contributed by atoms with Gasteiger partial charge in [0.2, 0.25) is 0 Å². The summed E-state index contributed by atoms with van der Waals surface area (Å²) in [6, 6.07) is 0. The summed E-state index contributed by atoms with van der Waals surface area (Å²) in [5.74, 6) is 0. The van der Waals surface area contributed by atoms with Crippen LogP contribution >= 0.6 is 12.6 Å². The van der Waals surface area contributed by atoms with Gasteiger partial charge in [-0.2, -0.15) is 12.6 Å². The Morgan fingerprint density at radius 1 is 1.27 bits per heavy atom. The van der Waals surface area contributed by atoms with E-state index < -0.39 is 0 Å². The van der Waals surface area contributed by atoms with Crippen molar-refractivity contribution in [3.05, 3.63) is 0 Å². The lowest BCUT2D eigenvalue weighted by molar-refractivity contribution is 0.0568. The molecule has 0 aliphatic carbocycles. The molecule has 0 aromatic rings. The van der Waals surface area contributed by atoms with Crippen molar-refractivity contribution in [1.29, 1.82) is 0 Å². The second kappa shape index (κ2) is 7.46. The molecule has 1 fully saturated rings. The highest BCUT2D eigenvalue weighted by Gasteiger charge is 2.18. The van der Waals surface area contributed by atoms with Crippen LogP contribution in [0.3, 0.4) is 0 Å². The summed E-state index contributed by atoms with van der Waals surface area (Å²) in [5, 5.41) is 8.90. The molecule has 1 atom stereocenters. The lowest BCUT2D eigenvalue weighted by Gasteiger charge is -2.36. The van der Waals surface area contributed by atoms with Crippen LogP contribution < -0.4 is 0 Å². The molecule has 15 heavy (non-hydrogen) atoms. The molecule has 0 bridgehead atoms. The van der Waals surface area contributed by atoms with E-state index in [9.17, 15) is 0 Å². The van der Waals surface area contributed by atoms with Crippen molar-refractivity contribution in [3.8, 4) is 0 Å². The van der Waals surface area contributed by atoms with Gasteiger partial charge in [0.1, 0.15) is 0 Å². The van der Waals surface area contributed by atoms with Crippen molar-refractivity contribution in [2.45, 2.75) is 12.3 Å². The maximum atomic E-state index is 8.55. The third-order valence-electron chi connectivity index (χ3n) is 2.72. The number of nitrogens with zero attached hydrogens (tertiary/aromatic N) is 2. The van der Waals surface area contributed by atoms with Gasteiger partial charge in [-0.25, -0.2) is 0 Å². The molecule has 0 spiro atoms. The zero-order valence-electron chi connectivity index (χ0n) is 9.43. The van der Waals surface area contributed by atoms with Gasteiger partial charge in [-0.1, -0.05) is 0 Å². The van der Waals surface area contributed by atoms with Crippen LogP contribution in [0.4, 0.5) is 0 Å². The predicted octanol–water partition coefficient (Wildman–Crippen LogP) is -0.111. The number of hydrogen-bond acceptors (Lipinski definition) is 5. The minimum Gasteiger partial charge on any atom is -0.394 e. The Balaban J connectivity index is 2.04. The summed E-state index contributed by atoms with van der Waals surface area (Å²) >= 11 is 4.42. The second-order valence-electron chi connectivity index (χ2n) is 3.85. The molecular formula is C10H22N2O2S. The molecule has 4 nitrogen and oxygen atoms in total. The van der Waals surface area contributed by atoms with E-state index >= 15 is 0 Å². The highest BCUT2D eigenvalue weighted by atomic mass is 32.1. The Labute approximate surface area is 97.6 Å². The minimum absolute atomic E-state index is 0.116. The van der Waals surface area contributed by atoms with Crippen molar-refractivity contribution in [2.75, 3.05) is 52.5 Å². The maximum absolute atomic E-state index is 8.55. The highest BCUT2D eigenvalue weighted by Crippen LogP contribution is 2.07. The summed E-state index contributed by atoms with van der Waals surface area (Å²) < 4.78 is 5.24. The Hall–Kier alpha value is 0.190. The fourth-order valence-electron chi connectivity index (χ4n) is 1.72. The van der Waals surface area contributed by atoms with Gasteiger partial charge in [-0.3, -0.25) is 9.80 Å². The normalized spacial score (nSPS) is 21.8. The van der Waals surface area contributed by atoms with Gasteiger partial charge >= 0.3 is 0 Å². The quantitative estimate of drug-likeness (QED) is 0.496. The monoisotopic (exact) mass is 234 g/mol. The molecule has 1 N–H and O–H groups in total. The molecule has 1 unspecified atom stereocenters. The van der Waals surface area contributed by atoms with E-state index in [0.29, 0.717) is 12.0 Å². The van der Waals surface area contributed by atoms with E-state index in [4.69, 9.17) is 9.84 Å². The van der Waals surface area contributed by atoms with Gasteiger partial charge in [-0.15, -0.1) is 0 Å². The highest BCUT2D eigenvalue weighted by molar-refractivity contribution is 7.80. The van der Waals surface area contributed by atoms with Gasteiger partial charge in [-0.05, 0) is 6.92 Å². The fraction of sp³-hybridized carbons (Fsp3) is 1.00. The van der Waals surface area contributed by atoms with Gasteiger partial charge < -0.3 is 9.84 Å². The first kappa shape index (κ1) is 13.3. The topological polar surface area (TPSA) is 35.9 Å². The van der Waals surface area contributed by atoms with Crippen LogP contribution in [-0.4, -0.2) is 72.8 Å². The van der Waals surface area contributed by atoms with E-state index in [-0.39, 0.29) is 6.61 Å². The lowest BCUT2D eigenvalue weighted by atomic mass is 10.3. The average molecular weight is 234 g/mol. The number of piperazine rings is 1. The number of aliphatic hydroxyl groups excluding tert-OH is 1.